The van der Waals surface area contributed by atoms with Crippen LogP contribution in [0.1, 0.15) is 51.9 Å². The van der Waals surface area contributed by atoms with Crippen LogP contribution in [0.25, 0.3) is 0 Å². The van der Waals surface area contributed by atoms with E-state index in [-0.39, 0.29) is 12.6 Å². The monoisotopic (exact) mass is 504 g/mol. The van der Waals surface area contributed by atoms with E-state index in [1.54, 1.807) is 6.07 Å². The lowest BCUT2D eigenvalue weighted by atomic mass is 9.95. The van der Waals surface area contributed by atoms with E-state index in [9.17, 15) is 19.8 Å². The van der Waals surface area contributed by atoms with Crippen molar-refractivity contribution in [1.82, 2.24) is 0 Å². The smallest absolute Gasteiger partial charge is 0.337 e. The third kappa shape index (κ3) is 9.16. The molecule has 37 heavy (non-hydrogen) atoms. The van der Waals surface area contributed by atoms with E-state index < -0.39 is 24.6 Å². The molecule has 0 aliphatic carbocycles. The number of hydrogen-bond donors (Lipinski definition) is 2. The molecule has 0 spiro atoms. The second-order valence-electron chi connectivity index (χ2n) is 9.21. The number of aliphatic hydroxyl groups is 2. The summed E-state index contributed by atoms with van der Waals surface area (Å²) in [6.45, 7) is -0.348. The first-order valence-electron chi connectivity index (χ1n) is 12.7. The van der Waals surface area contributed by atoms with Crippen molar-refractivity contribution < 1.29 is 29.3 Å². The standard InChI is InChI=1S/C31H36O6/c1-36-30(34)27-16-8-15-24(20-27)10-6-5-9-23-13-7-14-25(19-23)17-18-29(33)28(21-32)31(35)37-22-26-11-3-2-4-12-26/h2-4,7-8,11-16,19-20,28-29,32-33H,5-6,9-10,17-18,21-22H2,1H3. The van der Waals surface area contributed by atoms with Crippen molar-refractivity contribution in [2.24, 2.45) is 5.92 Å². The van der Waals surface area contributed by atoms with Gasteiger partial charge in [-0.1, -0.05) is 66.7 Å². The van der Waals surface area contributed by atoms with Gasteiger partial charge in [-0.15, -0.1) is 0 Å². The third-order valence-corrected chi connectivity index (χ3v) is 6.44. The first kappa shape index (κ1) is 28.1. The quantitative estimate of drug-likeness (QED) is 0.245. The van der Waals surface area contributed by atoms with Crippen LogP contribution in [0, 0.1) is 5.92 Å². The van der Waals surface area contributed by atoms with Gasteiger partial charge in [-0.2, -0.15) is 0 Å². The van der Waals surface area contributed by atoms with Gasteiger partial charge in [0.05, 0.1) is 25.4 Å². The number of hydrogen-bond acceptors (Lipinski definition) is 6. The molecule has 2 atom stereocenters. The maximum atomic E-state index is 12.4. The first-order valence-corrected chi connectivity index (χ1v) is 12.7. The van der Waals surface area contributed by atoms with Crippen LogP contribution < -0.4 is 0 Å². The fourth-order valence-electron chi connectivity index (χ4n) is 4.28. The minimum atomic E-state index is -0.988. The zero-order valence-corrected chi connectivity index (χ0v) is 21.3. The van der Waals surface area contributed by atoms with Crippen LogP contribution in [-0.4, -0.2) is 42.0 Å². The zero-order chi connectivity index (χ0) is 26.5. The van der Waals surface area contributed by atoms with Crippen molar-refractivity contribution in [2.45, 2.75) is 51.2 Å². The molecule has 0 saturated carbocycles. The van der Waals surface area contributed by atoms with E-state index in [4.69, 9.17) is 9.47 Å². The van der Waals surface area contributed by atoms with Crippen LogP contribution in [-0.2, 0) is 40.1 Å². The van der Waals surface area contributed by atoms with Gasteiger partial charge >= 0.3 is 11.9 Å². The predicted octanol–water partition coefficient (Wildman–Crippen LogP) is 4.68. The molecular weight excluding hydrogens is 468 g/mol. The number of aryl methyl sites for hydroxylation is 3. The van der Waals surface area contributed by atoms with E-state index >= 15 is 0 Å². The molecule has 2 unspecified atom stereocenters. The molecule has 0 radical (unpaired) electrons. The summed E-state index contributed by atoms with van der Waals surface area (Å²) in [5.41, 5.74) is 4.84. The number of carbonyl (C=O) groups is 2. The fourth-order valence-corrected chi connectivity index (χ4v) is 4.28. The van der Waals surface area contributed by atoms with Gasteiger partial charge in [0.1, 0.15) is 12.5 Å². The Kier molecular flexibility index (Phi) is 11.3. The normalized spacial score (nSPS) is 12.5. The minimum Gasteiger partial charge on any atom is -0.465 e. The highest BCUT2D eigenvalue weighted by Crippen LogP contribution is 2.17. The minimum absolute atomic E-state index is 0.113. The van der Waals surface area contributed by atoms with E-state index in [0.29, 0.717) is 18.4 Å². The average molecular weight is 505 g/mol. The van der Waals surface area contributed by atoms with Gasteiger partial charge in [-0.25, -0.2) is 4.79 Å². The van der Waals surface area contributed by atoms with Crippen LogP contribution in [0.5, 0.6) is 0 Å². The number of ether oxygens (including phenoxy) is 2. The van der Waals surface area contributed by atoms with Crippen molar-refractivity contribution in [1.29, 1.82) is 0 Å². The summed E-state index contributed by atoms with van der Waals surface area (Å²) in [7, 11) is 1.38. The molecule has 0 aliphatic rings. The maximum Gasteiger partial charge on any atom is 0.337 e. The van der Waals surface area contributed by atoms with Crippen molar-refractivity contribution in [2.75, 3.05) is 13.7 Å². The summed E-state index contributed by atoms with van der Waals surface area (Å²) in [5, 5.41) is 20.2. The van der Waals surface area contributed by atoms with Crippen LogP contribution in [0.2, 0.25) is 0 Å². The predicted molar refractivity (Wildman–Crippen MR) is 142 cm³/mol. The molecule has 2 N–H and O–H groups in total. The Morgan fingerprint density at radius 3 is 2.03 bits per heavy atom. The number of unbranched alkanes of at least 4 members (excludes halogenated alkanes) is 1. The summed E-state index contributed by atoms with van der Waals surface area (Å²) < 4.78 is 10.1. The van der Waals surface area contributed by atoms with E-state index in [0.717, 1.165) is 42.4 Å². The van der Waals surface area contributed by atoms with Crippen molar-refractivity contribution in [3.8, 4) is 0 Å². The molecule has 6 nitrogen and oxygen atoms in total. The second-order valence-corrected chi connectivity index (χ2v) is 9.21. The molecular formula is C31H36O6. The molecule has 0 saturated heterocycles. The largest absolute Gasteiger partial charge is 0.465 e. The topological polar surface area (TPSA) is 93.1 Å². The van der Waals surface area contributed by atoms with Crippen LogP contribution in [0.3, 0.4) is 0 Å². The summed E-state index contributed by atoms with van der Waals surface area (Å²) >= 11 is 0. The Bertz CT molecular complexity index is 1130. The van der Waals surface area contributed by atoms with Crippen LogP contribution >= 0.6 is 0 Å². The summed E-state index contributed by atoms with van der Waals surface area (Å²) in [4.78, 5) is 24.1. The Labute approximate surface area is 218 Å². The van der Waals surface area contributed by atoms with Crippen LogP contribution in [0.15, 0.2) is 78.9 Å². The summed E-state index contributed by atoms with van der Waals surface area (Å²) in [6.07, 6.45) is 3.78. The summed E-state index contributed by atoms with van der Waals surface area (Å²) in [5.74, 6) is -1.88. The second kappa shape index (κ2) is 14.9. The van der Waals surface area contributed by atoms with Gasteiger partial charge < -0.3 is 19.7 Å². The number of carbonyl (C=O) groups excluding carboxylic acids is 2. The number of methoxy groups -OCH3 is 1. The van der Waals surface area contributed by atoms with E-state index in [2.05, 4.69) is 12.1 Å². The molecule has 196 valence electrons. The van der Waals surface area contributed by atoms with Gasteiger partial charge in [0.2, 0.25) is 0 Å². The SMILES string of the molecule is COC(=O)c1cccc(CCCCc2cccc(CCC(O)C(CO)C(=O)OCc3ccccc3)c2)c1. The lowest BCUT2D eigenvalue weighted by Crippen LogP contribution is -2.33. The highest BCUT2D eigenvalue weighted by molar-refractivity contribution is 5.89. The molecule has 0 fully saturated rings. The van der Waals surface area contributed by atoms with Gasteiger partial charge in [0, 0.05) is 0 Å². The van der Waals surface area contributed by atoms with E-state index in [1.165, 1.54) is 12.7 Å². The molecule has 6 heteroatoms. The number of rotatable bonds is 14. The molecule has 3 aromatic rings. The lowest BCUT2D eigenvalue weighted by molar-refractivity contribution is -0.156. The number of esters is 2. The average Bonchev–Trinajstić information content (AvgIpc) is 2.94. The van der Waals surface area contributed by atoms with Crippen molar-refractivity contribution in [3.63, 3.8) is 0 Å². The summed E-state index contributed by atoms with van der Waals surface area (Å²) in [6, 6.07) is 25.1. The molecule has 0 amide bonds. The lowest BCUT2D eigenvalue weighted by Gasteiger charge is -2.20. The fraction of sp³-hybridized carbons (Fsp3) is 0.355. The Morgan fingerprint density at radius 1 is 0.784 bits per heavy atom. The van der Waals surface area contributed by atoms with Gasteiger partial charge in [0.15, 0.2) is 0 Å². The maximum absolute atomic E-state index is 12.4. The molecule has 3 aromatic carbocycles. The Balaban J connectivity index is 1.43. The third-order valence-electron chi connectivity index (χ3n) is 6.44. The molecule has 0 bridgehead atoms. The molecule has 0 heterocycles. The first-order chi connectivity index (χ1) is 18.0. The van der Waals surface area contributed by atoms with Gasteiger partial charge in [-0.05, 0) is 72.9 Å². The molecule has 0 aromatic heterocycles. The number of aliphatic hydroxyl groups excluding tert-OH is 2. The van der Waals surface area contributed by atoms with Crippen LogP contribution in [0.4, 0.5) is 0 Å². The Hall–Kier alpha value is -3.48. The van der Waals surface area contributed by atoms with E-state index in [1.807, 2.05) is 60.7 Å². The molecule has 0 aliphatic heterocycles. The zero-order valence-electron chi connectivity index (χ0n) is 21.3. The van der Waals surface area contributed by atoms with Crippen molar-refractivity contribution in [3.05, 3.63) is 107 Å². The molecule has 3 rings (SSSR count). The Morgan fingerprint density at radius 2 is 1.38 bits per heavy atom. The highest BCUT2D eigenvalue weighted by atomic mass is 16.5. The van der Waals surface area contributed by atoms with Gasteiger partial charge in [-0.3, -0.25) is 4.79 Å². The van der Waals surface area contributed by atoms with Gasteiger partial charge in [0.25, 0.3) is 0 Å². The van der Waals surface area contributed by atoms with Crippen molar-refractivity contribution >= 4 is 11.9 Å². The highest BCUT2D eigenvalue weighted by Gasteiger charge is 2.27. The number of benzene rings is 3.